The van der Waals surface area contributed by atoms with Crippen molar-refractivity contribution >= 4 is 0 Å². The average molecular weight is 234 g/mol. The van der Waals surface area contributed by atoms with Crippen molar-refractivity contribution in [2.24, 2.45) is 5.92 Å². The zero-order valence-corrected chi connectivity index (χ0v) is 11.9. The Morgan fingerprint density at radius 3 is 2.88 bits per heavy atom. The molecule has 96 valence electrons. The molecule has 1 aliphatic carbocycles. The fourth-order valence-corrected chi connectivity index (χ4v) is 5.12. The molecule has 1 nitrogen and oxygen atoms in total. The van der Waals surface area contributed by atoms with E-state index in [1.54, 1.807) is 0 Å². The summed E-state index contributed by atoms with van der Waals surface area (Å²) >= 11 is 0. The van der Waals surface area contributed by atoms with Crippen LogP contribution in [0.15, 0.2) is 11.1 Å². The minimum Gasteiger partial charge on any atom is -0.317 e. The van der Waals surface area contributed by atoms with Gasteiger partial charge in [-0.3, -0.25) is 0 Å². The zero-order valence-electron chi connectivity index (χ0n) is 11.9. The molecule has 0 amide bonds. The van der Waals surface area contributed by atoms with E-state index in [0.717, 1.165) is 5.92 Å². The number of nitrogens with zero attached hydrogens (tertiary/aromatic N) is 1. The lowest BCUT2D eigenvalue weighted by atomic mass is 9.79. The van der Waals surface area contributed by atoms with E-state index in [9.17, 15) is 0 Å². The molecule has 2 aliphatic heterocycles. The van der Waals surface area contributed by atoms with Gasteiger partial charge in [-0.2, -0.15) is 0 Å². The Hall–Kier alpha value is -0.300. The Morgan fingerprint density at radius 1 is 1.29 bits per heavy atom. The van der Waals surface area contributed by atoms with Gasteiger partial charge in [0.2, 0.25) is 0 Å². The molecule has 0 aromatic rings. The summed E-state index contributed by atoms with van der Waals surface area (Å²) < 4.78 is 1.36. The molecule has 2 heterocycles. The van der Waals surface area contributed by atoms with Gasteiger partial charge in [-0.1, -0.05) is 18.9 Å². The van der Waals surface area contributed by atoms with Crippen molar-refractivity contribution < 1.29 is 4.48 Å². The number of rotatable bonds is 2. The molecule has 17 heavy (non-hydrogen) atoms. The highest BCUT2D eigenvalue weighted by molar-refractivity contribution is 5.31. The molecule has 0 aromatic carbocycles. The normalized spacial score (nSPS) is 45.0. The Labute approximate surface area is 106 Å². The van der Waals surface area contributed by atoms with E-state index in [1.807, 2.05) is 11.1 Å². The summed E-state index contributed by atoms with van der Waals surface area (Å²) in [6.07, 6.45) is 9.97. The third-order valence-corrected chi connectivity index (χ3v) is 6.13. The van der Waals surface area contributed by atoms with E-state index >= 15 is 0 Å². The van der Waals surface area contributed by atoms with Crippen molar-refractivity contribution in [1.82, 2.24) is 0 Å². The second-order valence-electron chi connectivity index (χ2n) is 7.12. The highest BCUT2D eigenvalue weighted by Gasteiger charge is 2.57. The highest BCUT2D eigenvalue weighted by atomic mass is 15.4. The second-order valence-corrected chi connectivity index (χ2v) is 7.12. The van der Waals surface area contributed by atoms with Crippen LogP contribution >= 0.6 is 0 Å². The third-order valence-electron chi connectivity index (χ3n) is 6.13. The molecule has 0 unspecified atom stereocenters. The summed E-state index contributed by atoms with van der Waals surface area (Å²) in [5.41, 5.74) is 4.27. The van der Waals surface area contributed by atoms with Crippen molar-refractivity contribution in [3.8, 4) is 0 Å². The largest absolute Gasteiger partial charge is 0.317 e. The summed E-state index contributed by atoms with van der Waals surface area (Å²) in [4.78, 5) is 0. The summed E-state index contributed by atoms with van der Waals surface area (Å²) in [5.74, 6) is 0.988. The first-order valence-corrected chi connectivity index (χ1v) is 7.65. The van der Waals surface area contributed by atoms with Crippen LogP contribution in [0, 0.1) is 5.92 Å². The molecule has 0 N–H and O–H groups in total. The first-order chi connectivity index (χ1) is 8.09. The van der Waals surface area contributed by atoms with E-state index in [-0.39, 0.29) is 0 Å². The van der Waals surface area contributed by atoms with Gasteiger partial charge in [-0.05, 0) is 38.2 Å². The molecule has 0 aromatic heterocycles. The molecule has 3 rings (SSSR count). The van der Waals surface area contributed by atoms with Crippen molar-refractivity contribution in [1.29, 1.82) is 0 Å². The van der Waals surface area contributed by atoms with Gasteiger partial charge < -0.3 is 4.48 Å². The van der Waals surface area contributed by atoms with Gasteiger partial charge in [0.15, 0.2) is 0 Å². The van der Waals surface area contributed by atoms with Crippen LogP contribution in [0.2, 0.25) is 0 Å². The average Bonchev–Trinajstić information content (AvgIpc) is 2.82. The van der Waals surface area contributed by atoms with Crippen LogP contribution in [0.4, 0.5) is 0 Å². The van der Waals surface area contributed by atoms with E-state index < -0.39 is 0 Å². The van der Waals surface area contributed by atoms with Crippen LogP contribution < -0.4 is 0 Å². The maximum absolute atomic E-state index is 2.59. The van der Waals surface area contributed by atoms with Crippen LogP contribution in [0.25, 0.3) is 0 Å². The maximum atomic E-state index is 2.59. The molecule has 0 spiro atoms. The summed E-state index contributed by atoms with van der Waals surface area (Å²) in [6, 6.07) is 0. The van der Waals surface area contributed by atoms with Crippen molar-refractivity contribution in [2.45, 2.75) is 64.3 Å². The quantitative estimate of drug-likeness (QED) is 0.502. The molecule has 3 atom stereocenters. The molecule has 0 bridgehead atoms. The predicted octanol–water partition coefficient (Wildman–Crippen LogP) is 3.90. The van der Waals surface area contributed by atoms with Crippen molar-refractivity contribution in [2.75, 3.05) is 20.1 Å². The first kappa shape index (κ1) is 11.8. The second kappa shape index (κ2) is 3.85. The van der Waals surface area contributed by atoms with Crippen LogP contribution in [-0.2, 0) is 0 Å². The standard InChI is InChI=1S/C16H28N/c1-4-6-13-11-16(2)15-8-5-7-14(15)9-10-17(16,3)12-13/h13H,4-12H2,1-3H3/q+1/t13-,16+,17+/m1/s1. The smallest absolute Gasteiger partial charge is 0.118 e. The molecular weight excluding hydrogens is 206 g/mol. The number of likely N-dealkylation sites (N-methyl/N-ethyl adjacent to an activating group) is 1. The van der Waals surface area contributed by atoms with Crippen LogP contribution in [0.1, 0.15) is 58.8 Å². The summed E-state index contributed by atoms with van der Waals surface area (Å²) in [5, 5.41) is 0. The minimum absolute atomic E-state index is 0.518. The van der Waals surface area contributed by atoms with E-state index in [1.165, 1.54) is 62.5 Å². The number of hydrogen-bond donors (Lipinski definition) is 0. The van der Waals surface area contributed by atoms with Gasteiger partial charge in [0.25, 0.3) is 0 Å². The Bertz CT molecular complexity index is 357. The first-order valence-electron chi connectivity index (χ1n) is 7.65. The van der Waals surface area contributed by atoms with E-state index in [4.69, 9.17) is 0 Å². The Kier molecular flexibility index (Phi) is 2.66. The lowest BCUT2D eigenvalue weighted by Gasteiger charge is -2.48. The Balaban J connectivity index is 1.94. The maximum Gasteiger partial charge on any atom is 0.118 e. The minimum atomic E-state index is 0.518. The van der Waals surface area contributed by atoms with Gasteiger partial charge in [0.05, 0.1) is 20.1 Å². The third kappa shape index (κ3) is 1.54. The fraction of sp³-hybridized carbons (Fsp3) is 0.875. The number of hydrogen-bond acceptors (Lipinski definition) is 0. The zero-order chi connectivity index (χ0) is 12.1. The van der Waals surface area contributed by atoms with Gasteiger partial charge in [0, 0.05) is 18.8 Å². The van der Waals surface area contributed by atoms with Gasteiger partial charge >= 0.3 is 0 Å². The summed E-state index contributed by atoms with van der Waals surface area (Å²) in [7, 11) is 2.54. The lowest BCUT2D eigenvalue weighted by molar-refractivity contribution is -0.941. The van der Waals surface area contributed by atoms with Crippen LogP contribution in [0.5, 0.6) is 0 Å². The molecule has 3 aliphatic rings. The molecule has 0 saturated carbocycles. The van der Waals surface area contributed by atoms with Crippen molar-refractivity contribution in [3.63, 3.8) is 0 Å². The molecule has 1 heteroatoms. The number of fused-ring (bicyclic) bond motifs is 2. The van der Waals surface area contributed by atoms with E-state index in [2.05, 4.69) is 20.9 Å². The summed E-state index contributed by atoms with van der Waals surface area (Å²) in [6.45, 7) is 7.79. The SMILES string of the molecule is CCC[C@@H]1C[C@@]2(C)C3=C(CCC3)CC[N@@+]2(C)C1. The van der Waals surface area contributed by atoms with Gasteiger partial charge in [-0.25, -0.2) is 0 Å². The molecule has 1 saturated heterocycles. The highest BCUT2D eigenvalue weighted by Crippen LogP contribution is 2.53. The fourth-order valence-electron chi connectivity index (χ4n) is 5.12. The molecule has 1 fully saturated rings. The molecule has 0 radical (unpaired) electrons. The predicted molar refractivity (Wildman–Crippen MR) is 72.8 cm³/mol. The lowest BCUT2D eigenvalue weighted by Crippen LogP contribution is -2.59. The van der Waals surface area contributed by atoms with Crippen LogP contribution in [0.3, 0.4) is 0 Å². The van der Waals surface area contributed by atoms with Gasteiger partial charge in [0.1, 0.15) is 5.54 Å². The van der Waals surface area contributed by atoms with Crippen molar-refractivity contribution in [3.05, 3.63) is 11.1 Å². The molecular formula is C16H28N+. The van der Waals surface area contributed by atoms with Gasteiger partial charge in [-0.15, -0.1) is 0 Å². The number of quaternary nitrogens is 1. The monoisotopic (exact) mass is 234 g/mol. The van der Waals surface area contributed by atoms with Crippen LogP contribution in [-0.4, -0.2) is 30.2 Å². The topological polar surface area (TPSA) is 0 Å². The Morgan fingerprint density at radius 2 is 2.12 bits per heavy atom. The van der Waals surface area contributed by atoms with E-state index in [0.29, 0.717) is 5.54 Å².